The second-order valence-electron chi connectivity index (χ2n) is 3.17. The van der Waals surface area contributed by atoms with Gasteiger partial charge in [0, 0.05) is 12.0 Å². The molecule has 0 fully saturated rings. The maximum atomic E-state index is 4.35. The van der Waals surface area contributed by atoms with Crippen LogP contribution in [0.2, 0.25) is 0 Å². The molecule has 0 heterocycles. The van der Waals surface area contributed by atoms with E-state index in [-0.39, 0.29) is 0 Å². The third-order valence-electron chi connectivity index (χ3n) is 2.02. The van der Waals surface area contributed by atoms with E-state index in [9.17, 15) is 0 Å². The van der Waals surface area contributed by atoms with E-state index in [0.29, 0.717) is 5.92 Å². The summed E-state index contributed by atoms with van der Waals surface area (Å²) < 4.78 is 4.35. The summed E-state index contributed by atoms with van der Waals surface area (Å²) in [4.78, 5) is 0. The van der Waals surface area contributed by atoms with Crippen LogP contribution in [0.3, 0.4) is 0 Å². The Balaban J connectivity index is 4.13. The molecule has 0 spiro atoms. The fraction of sp³-hybridized carbons (Fsp3) is 0.889. The zero-order chi connectivity index (χ0) is 8.85. The molecule has 1 nitrogen and oxygen atoms in total. The Morgan fingerprint density at radius 2 is 2.00 bits per heavy atom. The van der Waals surface area contributed by atoms with Crippen LogP contribution in [-0.4, -0.2) is 12.0 Å². The molecule has 0 bridgehead atoms. The summed E-state index contributed by atoms with van der Waals surface area (Å²) in [5, 5.41) is 0. The maximum Gasteiger partial charge on any atom is 0.0264 e. The molecule has 1 atom stereocenters. The molecular formula is C9H19NS. The molecule has 0 rings (SSSR count). The SMILES string of the molecule is CCC(C(C)=NSC)C(C)C. The number of hydrogen-bond acceptors (Lipinski definition) is 2. The van der Waals surface area contributed by atoms with Gasteiger partial charge in [-0.3, -0.25) is 0 Å². The van der Waals surface area contributed by atoms with Crippen LogP contribution in [0.1, 0.15) is 34.1 Å². The third-order valence-corrected chi connectivity index (χ3v) is 2.49. The van der Waals surface area contributed by atoms with Crippen molar-refractivity contribution in [3.05, 3.63) is 0 Å². The average Bonchev–Trinajstić information content (AvgIpc) is 1.88. The molecule has 0 saturated heterocycles. The summed E-state index contributed by atoms with van der Waals surface area (Å²) in [5.41, 5.74) is 1.29. The lowest BCUT2D eigenvalue weighted by Crippen LogP contribution is -2.16. The standard InChI is InChI=1S/C9H19NS/c1-6-9(7(2)3)8(4)10-11-5/h7,9H,6H2,1-5H3. The fourth-order valence-corrected chi connectivity index (χ4v) is 1.88. The topological polar surface area (TPSA) is 12.4 Å². The first-order valence-electron chi connectivity index (χ1n) is 4.21. The Bertz CT molecular complexity index is 130. The molecule has 0 aliphatic heterocycles. The van der Waals surface area contributed by atoms with Crippen LogP contribution in [0.25, 0.3) is 0 Å². The Morgan fingerprint density at radius 3 is 2.27 bits per heavy atom. The van der Waals surface area contributed by atoms with Crippen molar-refractivity contribution in [2.75, 3.05) is 6.26 Å². The Labute approximate surface area is 74.8 Å². The van der Waals surface area contributed by atoms with Crippen LogP contribution in [0, 0.1) is 11.8 Å². The van der Waals surface area contributed by atoms with Gasteiger partial charge in [0.15, 0.2) is 0 Å². The minimum atomic E-state index is 0.669. The molecule has 0 aliphatic carbocycles. The van der Waals surface area contributed by atoms with Gasteiger partial charge in [-0.15, -0.1) is 0 Å². The van der Waals surface area contributed by atoms with Crippen molar-refractivity contribution in [2.24, 2.45) is 16.2 Å². The van der Waals surface area contributed by atoms with Gasteiger partial charge in [0.05, 0.1) is 0 Å². The van der Waals surface area contributed by atoms with Gasteiger partial charge in [0.25, 0.3) is 0 Å². The number of hydrogen-bond donors (Lipinski definition) is 0. The monoisotopic (exact) mass is 173 g/mol. The van der Waals surface area contributed by atoms with Crippen LogP contribution in [0.4, 0.5) is 0 Å². The zero-order valence-electron chi connectivity index (χ0n) is 8.22. The van der Waals surface area contributed by atoms with Gasteiger partial charge in [0.1, 0.15) is 0 Å². The van der Waals surface area contributed by atoms with E-state index in [4.69, 9.17) is 0 Å². The normalized spacial score (nSPS) is 15.6. The molecule has 0 saturated carbocycles. The van der Waals surface area contributed by atoms with Crippen molar-refractivity contribution in [1.29, 1.82) is 0 Å². The van der Waals surface area contributed by atoms with E-state index >= 15 is 0 Å². The van der Waals surface area contributed by atoms with Crippen molar-refractivity contribution in [1.82, 2.24) is 0 Å². The smallest absolute Gasteiger partial charge is 0.0264 e. The molecule has 0 aliphatic rings. The quantitative estimate of drug-likeness (QED) is 0.469. The fourth-order valence-electron chi connectivity index (χ4n) is 1.46. The second-order valence-corrected chi connectivity index (χ2v) is 3.72. The molecule has 0 aromatic carbocycles. The van der Waals surface area contributed by atoms with Gasteiger partial charge >= 0.3 is 0 Å². The summed E-state index contributed by atoms with van der Waals surface area (Å²) in [6, 6.07) is 0. The maximum absolute atomic E-state index is 4.35. The van der Waals surface area contributed by atoms with Crippen LogP contribution in [0.15, 0.2) is 4.40 Å². The van der Waals surface area contributed by atoms with Crippen molar-refractivity contribution < 1.29 is 0 Å². The van der Waals surface area contributed by atoms with Crippen molar-refractivity contribution in [3.8, 4) is 0 Å². The Kier molecular flexibility index (Phi) is 5.65. The van der Waals surface area contributed by atoms with Gasteiger partial charge in [-0.2, -0.15) is 0 Å². The van der Waals surface area contributed by atoms with Gasteiger partial charge in [-0.05, 0) is 37.1 Å². The molecule has 0 radical (unpaired) electrons. The predicted molar refractivity (Wildman–Crippen MR) is 55.2 cm³/mol. The van der Waals surface area contributed by atoms with E-state index in [1.165, 1.54) is 12.1 Å². The van der Waals surface area contributed by atoms with Crippen LogP contribution >= 0.6 is 11.9 Å². The van der Waals surface area contributed by atoms with E-state index in [2.05, 4.69) is 32.1 Å². The predicted octanol–water partition coefficient (Wildman–Crippen LogP) is 3.41. The minimum absolute atomic E-state index is 0.669. The molecule has 1 unspecified atom stereocenters. The highest BCUT2D eigenvalue weighted by atomic mass is 32.2. The highest BCUT2D eigenvalue weighted by Gasteiger charge is 2.13. The van der Waals surface area contributed by atoms with Gasteiger partial charge in [-0.1, -0.05) is 20.8 Å². The molecule has 0 aromatic rings. The van der Waals surface area contributed by atoms with Gasteiger partial charge < -0.3 is 0 Å². The summed E-state index contributed by atoms with van der Waals surface area (Å²) in [6.45, 7) is 8.87. The lowest BCUT2D eigenvalue weighted by Gasteiger charge is -2.17. The average molecular weight is 173 g/mol. The molecule has 66 valence electrons. The lowest BCUT2D eigenvalue weighted by molar-refractivity contribution is 0.480. The highest BCUT2D eigenvalue weighted by Crippen LogP contribution is 2.18. The van der Waals surface area contributed by atoms with Crippen LogP contribution < -0.4 is 0 Å². The van der Waals surface area contributed by atoms with Gasteiger partial charge in [-0.25, -0.2) is 4.40 Å². The highest BCUT2D eigenvalue weighted by molar-refractivity contribution is 7.97. The van der Waals surface area contributed by atoms with E-state index < -0.39 is 0 Å². The zero-order valence-corrected chi connectivity index (χ0v) is 9.03. The lowest BCUT2D eigenvalue weighted by atomic mass is 9.89. The van der Waals surface area contributed by atoms with Crippen molar-refractivity contribution >= 4 is 17.7 Å². The largest absolute Gasteiger partial charge is 0.226 e. The number of nitrogens with zero attached hydrogens (tertiary/aromatic N) is 1. The Hall–Kier alpha value is 0.0200. The molecular weight excluding hydrogens is 154 g/mol. The van der Waals surface area contributed by atoms with E-state index in [0.717, 1.165) is 5.92 Å². The molecule has 11 heavy (non-hydrogen) atoms. The van der Waals surface area contributed by atoms with Crippen LogP contribution in [0.5, 0.6) is 0 Å². The second kappa shape index (κ2) is 5.64. The first-order valence-corrected chi connectivity index (χ1v) is 5.39. The van der Waals surface area contributed by atoms with E-state index in [1.807, 2.05) is 6.26 Å². The Morgan fingerprint density at radius 1 is 1.45 bits per heavy atom. The molecule has 0 N–H and O–H groups in total. The third kappa shape index (κ3) is 3.80. The first-order chi connectivity index (χ1) is 5.13. The number of rotatable bonds is 4. The van der Waals surface area contributed by atoms with E-state index in [1.54, 1.807) is 11.9 Å². The summed E-state index contributed by atoms with van der Waals surface area (Å²) in [7, 11) is 0. The summed E-state index contributed by atoms with van der Waals surface area (Å²) in [6.07, 6.45) is 3.21. The molecule has 2 heteroatoms. The molecule has 0 aromatic heterocycles. The van der Waals surface area contributed by atoms with Gasteiger partial charge in [0.2, 0.25) is 0 Å². The summed E-state index contributed by atoms with van der Waals surface area (Å²) in [5.74, 6) is 1.39. The van der Waals surface area contributed by atoms with Crippen molar-refractivity contribution in [2.45, 2.75) is 34.1 Å². The minimum Gasteiger partial charge on any atom is -0.226 e. The first kappa shape index (κ1) is 11.0. The summed E-state index contributed by atoms with van der Waals surface area (Å²) >= 11 is 1.56. The van der Waals surface area contributed by atoms with Crippen molar-refractivity contribution in [3.63, 3.8) is 0 Å². The molecule has 0 amide bonds. The van der Waals surface area contributed by atoms with Crippen LogP contribution in [-0.2, 0) is 0 Å².